The topological polar surface area (TPSA) is 53.6 Å². The number of rotatable bonds is 5. The number of aryl methyl sites for hydroxylation is 1. The summed E-state index contributed by atoms with van der Waals surface area (Å²) in [5.74, 6) is -0.417. The van der Waals surface area contributed by atoms with Crippen molar-refractivity contribution in [3.63, 3.8) is 0 Å². The van der Waals surface area contributed by atoms with Crippen molar-refractivity contribution >= 4 is 23.0 Å². The highest BCUT2D eigenvalue weighted by Gasteiger charge is 2.32. The lowest BCUT2D eigenvalue weighted by Crippen LogP contribution is -2.37. The van der Waals surface area contributed by atoms with E-state index in [1.54, 1.807) is 6.92 Å². The fourth-order valence-electron chi connectivity index (χ4n) is 3.10. The molecule has 0 aliphatic carbocycles. The van der Waals surface area contributed by atoms with Crippen molar-refractivity contribution in [3.8, 4) is 0 Å². The third-order valence-electron chi connectivity index (χ3n) is 4.76. The Morgan fingerprint density at radius 3 is 2.38 bits per heavy atom. The van der Waals surface area contributed by atoms with Gasteiger partial charge in [0, 0.05) is 18.8 Å². The predicted molar refractivity (Wildman–Crippen MR) is 107 cm³/mol. The lowest BCUT2D eigenvalue weighted by atomic mass is 10.1. The van der Waals surface area contributed by atoms with E-state index in [1.807, 2.05) is 36.1 Å². The SMILES string of the molecule is Cc1ccc(N[C@@H](C)C(=O)Nc2cc(C(F)(F)F)ccc2N2CCOCC2)cc1. The lowest BCUT2D eigenvalue weighted by molar-refractivity contribution is -0.137. The van der Waals surface area contributed by atoms with E-state index in [2.05, 4.69) is 10.6 Å². The zero-order valence-electron chi connectivity index (χ0n) is 16.3. The molecule has 1 saturated heterocycles. The molecule has 8 heteroatoms. The van der Waals surface area contributed by atoms with Gasteiger partial charge in [-0.25, -0.2) is 0 Å². The van der Waals surface area contributed by atoms with E-state index < -0.39 is 23.7 Å². The van der Waals surface area contributed by atoms with Gasteiger partial charge >= 0.3 is 6.18 Å². The third kappa shape index (κ3) is 5.41. The lowest BCUT2D eigenvalue weighted by Gasteiger charge is -2.31. The number of nitrogens with zero attached hydrogens (tertiary/aromatic N) is 1. The standard InChI is InChI=1S/C21H24F3N3O2/c1-14-3-6-17(7-4-14)25-15(2)20(28)26-18-13-16(21(22,23)24)5-8-19(18)27-9-11-29-12-10-27/h3-8,13,15,25H,9-12H2,1-2H3,(H,26,28)/t15-/m0/s1. The molecule has 1 fully saturated rings. The summed E-state index contributed by atoms with van der Waals surface area (Å²) in [6.07, 6.45) is -4.49. The van der Waals surface area contributed by atoms with Gasteiger partial charge in [-0.3, -0.25) is 4.79 Å². The van der Waals surface area contributed by atoms with Crippen molar-refractivity contribution in [1.29, 1.82) is 0 Å². The Morgan fingerprint density at radius 2 is 1.76 bits per heavy atom. The molecule has 2 aromatic carbocycles. The molecule has 0 spiro atoms. The van der Waals surface area contributed by atoms with E-state index in [0.717, 1.165) is 23.4 Å². The molecule has 0 radical (unpaired) electrons. The number of nitrogens with one attached hydrogen (secondary N) is 2. The Bertz CT molecular complexity index is 847. The van der Waals surface area contributed by atoms with Crippen molar-refractivity contribution in [2.45, 2.75) is 26.1 Å². The van der Waals surface area contributed by atoms with Gasteiger partial charge in [-0.1, -0.05) is 17.7 Å². The molecule has 2 aromatic rings. The van der Waals surface area contributed by atoms with Crippen LogP contribution in [-0.4, -0.2) is 38.3 Å². The molecule has 1 atom stereocenters. The van der Waals surface area contributed by atoms with Crippen LogP contribution >= 0.6 is 0 Å². The van der Waals surface area contributed by atoms with E-state index in [-0.39, 0.29) is 5.69 Å². The molecular formula is C21H24F3N3O2. The number of alkyl halides is 3. The minimum Gasteiger partial charge on any atom is -0.378 e. The average molecular weight is 407 g/mol. The van der Waals surface area contributed by atoms with Crippen molar-refractivity contribution in [1.82, 2.24) is 0 Å². The monoisotopic (exact) mass is 407 g/mol. The van der Waals surface area contributed by atoms with Gasteiger partial charge in [0.25, 0.3) is 0 Å². The third-order valence-corrected chi connectivity index (χ3v) is 4.76. The number of ether oxygens (including phenoxy) is 1. The largest absolute Gasteiger partial charge is 0.416 e. The van der Waals surface area contributed by atoms with E-state index in [1.165, 1.54) is 6.07 Å². The Morgan fingerprint density at radius 1 is 1.10 bits per heavy atom. The summed E-state index contributed by atoms with van der Waals surface area (Å²) in [6.45, 7) is 5.69. The molecule has 1 amide bonds. The summed E-state index contributed by atoms with van der Waals surface area (Å²) in [4.78, 5) is 14.6. The van der Waals surface area contributed by atoms with Gasteiger partial charge < -0.3 is 20.3 Å². The first-order valence-corrected chi connectivity index (χ1v) is 9.42. The highest BCUT2D eigenvalue weighted by Crippen LogP contribution is 2.36. The van der Waals surface area contributed by atoms with Crippen LogP contribution in [0.15, 0.2) is 42.5 Å². The van der Waals surface area contributed by atoms with Crippen LogP contribution in [0, 0.1) is 6.92 Å². The summed E-state index contributed by atoms with van der Waals surface area (Å²) < 4.78 is 44.9. The second-order valence-corrected chi connectivity index (χ2v) is 7.05. The van der Waals surface area contributed by atoms with Crippen LogP contribution in [-0.2, 0) is 15.7 Å². The molecule has 1 aliphatic rings. The number of amides is 1. The number of anilines is 3. The fraction of sp³-hybridized carbons (Fsp3) is 0.381. The van der Waals surface area contributed by atoms with Crippen molar-refractivity contribution < 1.29 is 22.7 Å². The van der Waals surface area contributed by atoms with E-state index in [4.69, 9.17) is 4.74 Å². The molecule has 3 rings (SSSR count). The highest BCUT2D eigenvalue weighted by atomic mass is 19.4. The number of benzene rings is 2. The Kier molecular flexibility index (Phi) is 6.32. The molecule has 1 aliphatic heterocycles. The second-order valence-electron chi connectivity index (χ2n) is 7.05. The molecule has 156 valence electrons. The van der Waals surface area contributed by atoms with Gasteiger partial charge in [0.15, 0.2) is 0 Å². The van der Waals surface area contributed by atoms with Crippen LogP contribution in [0.2, 0.25) is 0 Å². The first-order valence-electron chi connectivity index (χ1n) is 9.42. The first kappa shape index (κ1) is 21.0. The predicted octanol–water partition coefficient (Wildman–Crippen LogP) is 4.29. The summed E-state index contributed by atoms with van der Waals surface area (Å²) in [5.41, 5.74) is 1.74. The number of morpholine rings is 1. The van der Waals surface area contributed by atoms with Crippen molar-refractivity contribution in [3.05, 3.63) is 53.6 Å². The highest BCUT2D eigenvalue weighted by molar-refractivity contribution is 5.99. The van der Waals surface area contributed by atoms with Gasteiger partial charge in [0.1, 0.15) is 6.04 Å². The summed E-state index contributed by atoms with van der Waals surface area (Å²) >= 11 is 0. The van der Waals surface area contributed by atoms with Crippen molar-refractivity contribution in [2.24, 2.45) is 0 Å². The van der Waals surface area contributed by atoms with Crippen LogP contribution in [0.4, 0.5) is 30.2 Å². The van der Waals surface area contributed by atoms with Crippen molar-refractivity contribution in [2.75, 3.05) is 41.8 Å². The molecule has 0 aromatic heterocycles. The maximum Gasteiger partial charge on any atom is 0.416 e. The molecule has 29 heavy (non-hydrogen) atoms. The molecule has 0 bridgehead atoms. The summed E-state index contributed by atoms with van der Waals surface area (Å²) in [6, 6.07) is 10.3. The van der Waals surface area contributed by atoms with Crippen LogP contribution in [0.25, 0.3) is 0 Å². The number of carbonyl (C=O) groups excluding carboxylic acids is 1. The average Bonchev–Trinajstić information content (AvgIpc) is 2.69. The number of hydrogen-bond acceptors (Lipinski definition) is 4. The molecular weight excluding hydrogens is 383 g/mol. The van der Waals surface area contributed by atoms with Gasteiger partial charge in [0.05, 0.1) is 30.2 Å². The maximum atomic E-state index is 13.2. The minimum atomic E-state index is -4.49. The zero-order valence-corrected chi connectivity index (χ0v) is 16.3. The Labute approximate surface area is 167 Å². The van der Waals surface area contributed by atoms with Gasteiger partial charge in [0.2, 0.25) is 5.91 Å². The Hall–Kier alpha value is -2.74. The molecule has 0 unspecified atom stereocenters. The fourth-order valence-corrected chi connectivity index (χ4v) is 3.10. The normalized spacial score (nSPS) is 15.7. The van der Waals surface area contributed by atoms with Gasteiger partial charge in [-0.15, -0.1) is 0 Å². The Balaban J connectivity index is 1.80. The molecule has 1 heterocycles. The van der Waals surface area contributed by atoms with E-state index >= 15 is 0 Å². The summed E-state index contributed by atoms with van der Waals surface area (Å²) in [5, 5.41) is 5.73. The number of halogens is 3. The molecule has 5 nitrogen and oxygen atoms in total. The summed E-state index contributed by atoms with van der Waals surface area (Å²) in [7, 11) is 0. The first-order chi connectivity index (χ1) is 13.7. The maximum absolute atomic E-state index is 13.2. The van der Waals surface area contributed by atoms with E-state index in [0.29, 0.717) is 32.0 Å². The van der Waals surface area contributed by atoms with Crippen LogP contribution in [0.5, 0.6) is 0 Å². The molecule has 2 N–H and O–H groups in total. The van der Waals surface area contributed by atoms with E-state index in [9.17, 15) is 18.0 Å². The minimum absolute atomic E-state index is 0.143. The number of carbonyl (C=O) groups is 1. The number of hydrogen-bond donors (Lipinski definition) is 2. The second kappa shape index (κ2) is 8.73. The van der Waals surface area contributed by atoms with Crippen LogP contribution in [0.1, 0.15) is 18.1 Å². The molecule has 0 saturated carbocycles. The van der Waals surface area contributed by atoms with Crippen LogP contribution in [0.3, 0.4) is 0 Å². The zero-order chi connectivity index (χ0) is 21.0. The van der Waals surface area contributed by atoms with Gasteiger partial charge in [-0.05, 0) is 44.2 Å². The van der Waals surface area contributed by atoms with Gasteiger partial charge in [-0.2, -0.15) is 13.2 Å². The quantitative estimate of drug-likeness (QED) is 0.777. The smallest absolute Gasteiger partial charge is 0.378 e. The van der Waals surface area contributed by atoms with Crippen LogP contribution < -0.4 is 15.5 Å².